The first-order chi connectivity index (χ1) is 16.5. The fraction of sp³-hybridized carbons (Fsp3) is 0.321. The summed E-state index contributed by atoms with van der Waals surface area (Å²) >= 11 is 0. The fourth-order valence-electron chi connectivity index (χ4n) is 4.94. The van der Waals surface area contributed by atoms with Crippen molar-refractivity contribution in [2.45, 2.75) is 52.0 Å². The normalized spacial score (nSPS) is 15.5. The molecule has 1 atom stereocenters. The lowest BCUT2D eigenvalue weighted by Gasteiger charge is -2.33. The third-order valence-corrected chi connectivity index (χ3v) is 8.95. The van der Waals surface area contributed by atoms with Crippen LogP contribution in [0.4, 0.5) is 11.4 Å². The summed E-state index contributed by atoms with van der Waals surface area (Å²) in [5.74, 6) is -0.173. The lowest BCUT2D eigenvalue weighted by Crippen LogP contribution is -2.47. The van der Waals surface area contributed by atoms with Crippen molar-refractivity contribution >= 4 is 27.3 Å². The molecule has 184 valence electrons. The maximum atomic E-state index is 13.3. The van der Waals surface area contributed by atoms with Gasteiger partial charge < -0.3 is 10.2 Å². The summed E-state index contributed by atoms with van der Waals surface area (Å²) in [7, 11) is -1.76. The number of sulfonamides is 1. The van der Waals surface area contributed by atoms with Crippen molar-refractivity contribution in [2.75, 3.05) is 23.2 Å². The number of fused-ring (bicyclic) bond motifs is 1. The molecular weight excluding hydrogens is 458 g/mol. The summed E-state index contributed by atoms with van der Waals surface area (Å²) in [4.78, 5) is 15.4. The number of para-hydroxylation sites is 1. The van der Waals surface area contributed by atoms with E-state index >= 15 is 0 Å². The van der Waals surface area contributed by atoms with E-state index in [1.54, 1.807) is 24.3 Å². The highest BCUT2D eigenvalue weighted by atomic mass is 32.2. The van der Waals surface area contributed by atoms with Crippen molar-refractivity contribution in [1.29, 1.82) is 0 Å². The van der Waals surface area contributed by atoms with Crippen LogP contribution in [0, 0.1) is 34.6 Å². The zero-order valence-electron chi connectivity index (χ0n) is 21.2. The van der Waals surface area contributed by atoms with Crippen LogP contribution in [0.3, 0.4) is 0 Å². The lowest BCUT2D eigenvalue weighted by molar-refractivity contribution is 0.0937. The summed E-state index contributed by atoms with van der Waals surface area (Å²) in [6.07, 6.45) is 0.776. The van der Waals surface area contributed by atoms with Gasteiger partial charge in [-0.25, -0.2) is 8.42 Å². The summed E-state index contributed by atoms with van der Waals surface area (Å²) in [6.45, 7) is 10.3. The molecule has 1 aliphatic heterocycles. The van der Waals surface area contributed by atoms with Gasteiger partial charge in [0.05, 0.1) is 10.9 Å². The zero-order valence-corrected chi connectivity index (χ0v) is 22.0. The van der Waals surface area contributed by atoms with E-state index in [4.69, 9.17) is 0 Å². The van der Waals surface area contributed by atoms with Crippen molar-refractivity contribution in [2.24, 2.45) is 0 Å². The number of rotatable bonds is 5. The Labute approximate surface area is 208 Å². The Balaban J connectivity index is 1.49. The van der Waals surface area contributed by atoms with E-state index in [2.05, 4.69) is 27.1 Å². The first kappa shape index (κ1) is 24.8. The molecule has 1 amide bonds. The zero-order chi connectivity index (χ0) is 25.5. The molecule has 6 nitrogen and oxygen atoms in total. The second kappa shape index (κ2) is 9.38. The molecule has 1 unspecified atom stereocenters. The molecule has 4 rings (SSSR count). The SMILES string of the molecule is Cc1c(C)c(C)c(S(=O)(=O)Nc2ccc(C(=O)NC3Cc4ccccc4N(C)C3)cc2)c(C)c1C. The molecule has 0 aliphatic carbocycles. The number of hydrogen-bond donors (Lipinski definition) is 2. The number of likely N-dealkylation sites (N-methyl/N-ethyl adjacent to an activating group) is 1. The van der Waals surface area contributed by atoms with Crippen LogP contribution in [0.2, 0.25) is 0 Å². The Morgan fingerprint density at radius 3 is 2.06 bits per heavy atom. The third-order valence-electron chi connectivity index (χ3n) is 7.30. The quantitative estimate of drug-likeness (QED) is 0.536. The van der Waals surface area contributed by atoms with Crippen molar-refractivity contribution in [3.8, 4) is 0 Å². The van der Waals surface area contributed by atoms with Gasteiger partial charge in [-0.05, 0) is 105 Å². The maximum Gasteiger partial charge on any atom is 0.262 e. The Morgan fingerprint density at radius 2 is 1.43 bits per heavy atom. The average Bonchev–Trinajstić information content (AvgIpc) is 2.81. The number of hydrogen-bond acceptors (Lipinski definition) is 4. The van der Waals surface area contributed by atoms with E-state index in [1.807, 2.05) is 53.8 Å². The van der Waals surface area contributed by atoms with Gasteiger partial charge in [0.1, 0.15) is 0 Å². The molecule has 3 aromatic carbocycles. The number of nitrogens with zero attached hydrogens (tertiary/aromatic N) is 1. The lowest BCUT2D eigenvalue weighted by atomic mass is 9.95. The van der Waals surface area contributed by atoms with Crippen LogP contribution in [0.15, 0.2) is 53.4 Å². The number of benzene rings is 3. The number of amides is 1. The van der Waals surface area contributed by atoms with Crippen molar-refractivity contribution in [1.82, 2.24) is 5.32 Å². The van der Waals surface area contributed by atoms with Gasteiger partial charge >= 0.3 is 0 Å². The molecule has 0 saturated heterocycles. The smallest absolute Gasteiger partial charge is 0.262 e. The van der Waals surface area contributed by atoms with Gasteiger partial charge in [0.25, 0.3) is 15.9 Å². The van der Waals surface area contributed by atoms with E-state index in [0.717, 1.165) is 40.8 Å². The monoisotopic (exact) mass is 491 g/mol. The van der Waals surface area contributed by atoms with E-state index in [9.17, 15) is 13.2 Å². The van der Waals surface area contributed by atoms with E-state index < -0.39 is 10.0 Å². The first-order valence-electron chi connectivity index (χ1n) is 11.8. The van der Waals surface area contributed by atoms with Gasteiger partial charge in [-0.1, -0.05) is 18.2 Å². The van der Waals surface area contributed by atoms with Gasteiger partial charge in [-0.2, -0.15) is 0 Å². The minimum absolute atomic E-state index is 0.000420. The van der Waals surface area contributed by atoms with Crippen LogP contribution < -0.4 is 14.9 Å². The van der Waals surface area contributed by atoms with Crippen LogP contribution in [0.25, 0.3) is 0 Å². The van der Waals surface area contributed by atoms with Gasteiger partial charge in [0.15, 0.2) is 0 Å². The van der Waals surface area contributed by atoms with E-state index in [0.29, 0.717) is 16.1 Å². The van der Waals surface area contributed by atoms with Crippen molar-refractivity contribution in [3.63, 3.8) is 0 Å². The summed E-state index contributed by atoms with van der Waals surface area (Å²) in [5, 5.41) is 3.11. The number of carbonyl (C=O) groups is 1. The Kier molecular flexibility index (Phi) is 6.64. The van der Waals surface area contributed by atoms with Crippen molar-refractivity contribution in [3.05, 3.63) is 87.5 Å². The molecule has 1 aliphatic rings. The van der Waals surface area contributed by atoms with Crippen LogP contribution >= 0.6 is 0 Å². The number of anilines is 2. The average molecular weight is 492 g/mol. The summed E-state index contributed by atoms with van der Waals surface area (Å²) < 4.78 is 29.2. The highest BCUT2D eigenvalue weighted by molar-refractivity contribution is 7.92. The number of carbonyl (C=O) groups excluding carboxylic acids is 1. The van der Waals surface area contributed by atoms with Crippen LogP contribution in [0.5, 0.6) is 0 Å². The first-order valence-corrected chi connectivity index (χ1v) is 13.3. The molecule has 3 aromatic rings. The summed E-state index contributed by atoms with van der Waals surface area (Å²) in [5.41, 5.74) is 7.91. The molecule has 7 heteroatoms. The van der Waals surface area contributed by atoms with Crippen LogP contribution in [0.1, 0.15) is 43.7 Å². The molecule has 0 fully saturated rings. The second-order valence-corrected chi connectivity index (χ2v) is 11.1. The highest BCUT2D eigenvalue weighted by Crippen LogP contribution is 2.31. The molecule has 0 radical (unpaired) electrons. The molecule has 35 heavy (non-hydrogen) atoms. The minimum atomic E-state index is -3.78. The van der Waals surface area contributed by atoms with Gasteiger partial charge in [-0.3, -0.25) is 9.52 Å². The standard InChI is InChI=1S/C28H33N3O3S/c1-17-18(2)20(4)27(21(5)19(17)3)35(33,34)30-24-13-11-22(12-14-24)28(32)29-25-15-23-9-7-8-10-26(23)31(6)16-25/h7-14,25,30H,15-16H2,1-6H3,(H,29,32). The summed E-state index contributed by atoms with van der Waals surface area (Å²) in [6, 6.07) is 14.8. The predicted molar refractivity (Wildman–Crippen MR) is 142 cm³/mol. The molecule has 0 aromatic heterocycles. The van der Waals surface area contributed by atoms with Crippen LogP contribution in [-0.2, 0) is 16.4 Å². The fourth-order valence-corrected chi connectivity index (χ4v) is 6.61. The topological polar surface area (TPSA) is 78.5 Å². The molecule has 2 N–H and O–H groups in total. The second-order valence-electron chi connectivity index (χ2n) is 9.52. The molecule has 1 heterocycles. The van der Waals surface area contributed by atoms with E-state index in [-0.39, 0.29) is 11.9 Å². The molecule has 0 bridgehead atoms. The van der Waals surface area contributed by atoms with Crippen LogP contribution in [-0.4, -0.2) is 34.0 Å². The Hall–Kier alpha value is -3.32. The Morgan fingerprint density at radius 1 is 0.857 bits per heavy atom. The third kappa shape index (κ3) is 4.78. The van der Waals surface area contributed by atoms with Gasteiger partial charge in [-0.15, -0.1) is 0 Å². The van der Waals surface area contributed by atoms with Crippen molar-refractivity contribution < 1.29 is 13.2 Å². The minimum Gasteiger partial charge on any atom is -0.372 e. The molecule has 0 spiro atoms. The van der Waals surface area contributed by atoms with Gasteiger partial charge in [0.2, 0.25) is 0 Å². The van der Waals surface area contributed by atoms with Gasteiger partial charge in [0, 0.05) is 30.5 Å². The Bertz CT molecular complexity index is 1370. The largest absolute Gasteiger partial charge is 0.372 e. The maximum absolute atomic E-state index is 13.3. The molecule has 0 saturated carbocycles. The predicted octanol–water partition coefficient (Wildman–Crippen LogP) is 4.82. The highest BCUT2D eigenvalue weighted by Gasteiger charge is 2.25. The van der Waals surface area contributed by atoms with E-state index in [1.165, 1.54) is 11.3 Å². The number of nitrogens with one attached hydrogen (secondary N) is 2. The molecular formula is C28H33N3O3S.